The van der Waals surface area contributed by atoms with Crippen molar-refractivity contribution < 1.29 is 23.5 Å². The van der Waals surface area contributed by atoms with E-state index in [1.165, 1.54) is 0 Å². The lowest BCUT2D eigenvalue weighted by molar-refractivity contribution is -0.149. The maximum absolute atomic E-state index is 13.2. The number of hydrogen-bond acceptors (Lipinski definition) is 2. The van der Waals surface area contributed by atoms with Crippen molar-refractivity contribution in [1.29, 1.82) is 0 Å². The molecule has 1 aliphatic rings. The smallest absolute Gasteiger partial charge is 0.323 e. The molecular weight excluding hydrogens is 244 g/mol. The van der Waals surface area contributed by atoms with Crippen LogP contribution < -0.4 is 0 Å². The molecule has 1 saturated carbocycles. The molecule has 0 aromatic carbocycles. The molecule has 0 aromatic heterocycles. The zero-order valence-electron chi connectivity index (χ0n) is 9.86. The first kappa shape index (κ1) is 14.4. The fourth-order valence-corrected chi connectivity index (χ4v) is 2.13. The number of rotatable bonds is 4. The minimum absolute atomic E-state index is 0.173. The largest absolute Gasteiger partial charge is 0.480 e. The van der Waals surface area contributed by atoms with Crippen LogP contribution in [0.2, 0.25) is 0 Å². The van der Waals surface area contributed by atoms with Crippen LogP contribution in [0.3, 0.4) is 0 Å². The van der Waals surface area contributed by atoms with Gasteiger partial charge in [-0.25, -0.2) is 8.78 Å². The highest BCUT2D eigenvalue weighted by molar-refractivity contribution is 5.83. The Balaban J connectivity index is 2.70. The van der Waals surface area contributed by atoms with Gasteiger partial charge in [0.25, 0.3) is 0 Å². The highest BCUT2D eigenvalue weighted by Crippen LogP contribution is 2.37. The molecule has 1 rings (SSSR count). The van der Waals surface area contributed by atoms with Crippen molar-refractivity contribution in [2.45, 2.75) is 31.6 Å². The Labute approximate surface area is 104 Å². The van der Waals surface area contributed by atoms with Crippen molar-refractivity contribution in [2.24, 2.45) is 5.92 Å². The predicted molar refractivity (Wildman–Crippen MR) is 60.0 cm³/mol. The Hall–Kier alpha value is -1.64. The molecule has 0 aliphatic heterocycles. The number of alkyl halides is 2. The third-order valence-electron chi connectivity index (χ3n) is 2.91. The van der Waals surface area contributed by atoms with Crippen molar-refractivity contribution in [3.05, 3.63) is 0 Å². The van der Waals surface area contributed by atoms with Gasteiger partial charge in [-0.15, -0.1) is 6.42 Å². The van der Waals surface area contributed by atoms with E-state index in [-0.39, 0.29) is 19.4 Å². The summed E-state index contributed by atoms with van der Waals surface area (Å²) in [6, 6.07) is 0. The first-order valence-corrected chi connectivity index (χ1v) is 5.67. The summed E-state index contributed by atoms with van der Waals surface area (Å²) in [5, 5.41) is 8.65. The first-order chi connectivity index (χ1) is 8.35. The van der Waals surface area contributed by atoms with Gasteiger partial charge in [-0.1, -0.05) is 5.92 Å². The number of terminal acetylenes is 1. The van der Waals surface area contributed by atoms with E-state index >= 15 is 0 Å². The Bertz CT molecular complexity index is 376. The van der Waals surface area contributed by atoms with Gasteiger partial charge in [-0.3, -0.25) is 9.59 Å². The summed E-state index contributed by atoms with van der Waals surface area (Å²) in [4.78, 5) is 23.5. The molecule has 0 saturated heterocycles. The molecule has 6 heteroatoms. The standard InChI is InChI=1S/C12H15F2NO3/c1-2-6-15(8-10(16)17)11(18)9-4-3-5-12(13,14)7-9/h1,9H,3-8H2,(H,16,17). The summed E-state index contributed by atoms with van der Waals surface area (Å²) < 4.78 is 26.4. The molecule has 100 valence electrons. The van der Waals surface area contributed by atoms with Crippen molar-refractivity contribution in [2.75, 3.05) is 13.1 Å². The molecule has 1 amide bonds. The molecule has 1 unspecified atom stereocenters. The molecule has 0 heterocycles. The fourth-order valence-electron chi connectivity index (χ4n) is 2.13. The van der Waals surface area contributed by atoms with E-state index in [0.717, 1.165) is 4.90 Å². The van der Waals surface area contributed by atoms with Gasteiger partial charge in [0.2, 0.25) is 11.8 Å². The molecule has 18 heavy (non-hydrogen) atoms. The SMILES string of the molecule is C#CCN(CC(=O)O)C(=O)C1CCCC(F)(F)C1. The van der Waals surface area contributed by atoms with Crippen molar-refractivity contribution >= 4 is 11.9 Å². The van der Waals surface area contributed by atoms with Crippen LogP contribution in [0.25, 0.3) is 0 Å². The van der Waals surface area contributed by atoms with Crippen LogP contribution in [0.4, 0.5) is 8.78 Å². The Morgan fingerprint density at radius 2 is 2.17 bits per heavy atom. The number of carbonyl (C=O) groups excluding carboxylic acids is 1. The number of hydrogen-bond donors (Lipinski definition) is 1. The number of aliphatic carboxylic acids is 1. The van der Waals surface area contributed by atoms with Gasteiger partial charge >= 0.3 is 5.97 Å². The fraction of sp³-hybridized carbons (Fsp3) is 0.667. The van der Waals surface area contributed by atoms with E-state index in [0.29, 0.717) is 6.42 Å². The summed E-state index contributed by atoms with van der Waals surface area (Å²) in [5.41, 5.74) is 0. The molecule has 0 bridgehead atoms. The first-order valence-electron chi connectivity index (χ1n) is 5.67. The van der Waals surface area contributed by atoms with Gasteiger partial charge in [0.05, 0.1) is 6.54 Å². The van der Waals surface area contributed by atoms with Gasteiger partial charge in [-0.2, -0.15) is 0 Å². The van der Waals surface area contributed by atoms with E-state index in [1.54, 1.807) is 0 Å². The molecule has 0 spiro atoms. The molecule has 1 aliphatic carbocycles. The molecule has 0 radical (unpaired) electrons. The van der Waals surface area contributed by atoms with Gasteiger partial charge < -0.3 is 10.0 Å². The molecular formula is C12H15F2NO3. The second-order valence-corrected chi connectivity index (χ2v) is 4.44. The second-order valence-electron chi connectivity index (χ2n) is 4.44. The summed E-state index contributed by atoms with van der Waals surface area (Å²) in [6.07, 6.45) is 4.92. The topological polar surface area (TPSA) is 57.6 Å². The summed E-state index contributed by atoms with van der Waals surface area (Å²) in [6.45, 7) is -0.724. The van der Waals surface area contributed by atoms with Gasteiger partial charge in [0.15, 0.2) is 0 Å². The number of halogens is 2. The van der Waals surface area contributed by atoms with Crippen LogP contribution in [0.15, 0.2) is 0 Å². The lowest BCUT2D eigenvalue weighted by Gasteiger charge is -2.31. The minimum Gasteiger partial charge on any atom is -0.480 e. The van der Waals surface area contributed by atoms with Crippen LogP contribution in [0.1, 0.15) is 25.7 Å². The van der Waals surface area contributed by atoms with E-state index in [4.69, 9.17) is 11.5 Å². The predicted octanol–water partition coefficient (Wildman–Crippen LogP) is 1.36. The third kappa shape index (κ3) is 3.99. The van der Waals surface area contributed by atoms with Crippen LogP contribution >= 0.6 is 0 Å². The van der Waals surface area contributed by atoms with Gasteiger partial charge in [0.1, 0.15) is 6.54 Å². The van der Waals surface area contributed by atoms with Crippen LogP contribution in [-0.2, 0) is 9.59 Å². The maximum Gasteiger partial charge on any atom is 0.323 e. The molecule has 1 fully saturated rings. The number of carboxylic acid groups (broad SMARTS) is 1. The average molecular weight is 259 g/mol. The van der Waals surface area contributed by atoms with Gasteiger partial charge in [-0.05, 0) is 12.8 Å². The van der Waals surface area contributed by atoms with Crippen LogP contribution in [0, 0.1) is 18.3 Å². The Kier molecular flexibility index (Phi) is 4.65. The normalized spacial score (nSPS) is 21.9. The van der Waals surface area contributed by atoms with Crippen LogP contribution in [0.5, 0.6) is 0 Å². The highest BCUT2D eigenvalue weighted by atomic mass is 19.3. The summed E-state index contributed by atoms with van der Waals surface area (Å²) in [7, 11) is 0. The monoisotopic (exact) mass is 259 g/mol. The quantitative estimate of drug-likeness (QED) is 0.775. The lowest BCUT2D eigenvalue weighted by atomic mass is 9.85. The van der Waals surface area contributed by atoms with Crippen molar-refractivity contribution in [1.82, 2.24) is 4.90 Å². The third-order valence-corrected chi connectivity index (χ3v) is 2.91. The van der Waals surface area contributed by atoms with E-state index in [2.05, 4.69) is 5.92 Å². The number of carbonyl (C=O) groups is 2. The second kappa shape index (κ2) is 5.80. The van der Waals surface area contributed by atoms with Gasteiger partial charge in [0, 0.05) is 18.8 Å². The number of nitrogens with zero attached hydrogens (tertiary/aromatic N) is 1. The summed E-state index contributed by atoms with van der Waals surface area (Å²) in [5.74, 6) is -3.30. The zero-order valence-corrected chi connectivity index (χ0v) is 9.86. The number of amides is 1. The average Bonchev–Trinajstić information content (AvgIpc) is 2.25. The maximum atomic E-state index is 13.2. The van der Waals surface area contributed by atoms with E-state index in [1.807, 2.05) is 0 Å². The van der Waals surface area contributed by atoms with E-state index in [9.17, 15) is 18.4 Å². The Morgan fingerprint density at radius 1 is 1.50 bits per heavy atom. The molecule has 4 nitrogen and oxygen atoms in total. The molecule has 1 N–H and O–H groups in total. The zero-order chi connectivity index (χ0) is 13.8. The van der Waals surface area contributed by atoms with Crippen molar-refractivity contribution in [3.63, 3.8) is 0 Å². The minimum atomic E-state index is -2.84. The van der Waals surface area contributed by atoms with E-state index < -0.39 is 36.7 Å². The molecule has 0 aromatic rings. The highest BCUT2D eigenvalue weighted by Gasteiger charge is 2.40. The summed E-state index contributed by atoms with van der Waals surface area (Å²) >= 11 is 0. The lowest BCUT2D eigenvalue weighted by Crippen LogP contribution is -2.43. The van der Waals surface area contributed by atoms with Crippen molar-refractivity contribution in [3.8, 4) is 12.3 Å². The Morgan fingerprint density at radius 3 is 2.67 bits per heavy atom. The number of carboxylic acids is 1. The van der Waals surface area contributed by atoms with Crippen LogP contribution in [-0.4, -0.2) is 40.9 Å². The molecule has 1 atom stereocenters.